The SMILES string of the molecule is O=C1c2nc3c(O)c(O)c(O)c(O)c3nc2C(O)=C(O)C1O. The summed E-state index contributed by atoms with van der Waals surface area (Å²) >= 11 is 0. The standard InChI is InChI=1S/C12H8N2O8/c15-5-1-2(6(16)10(20)9(5)19)14-4-3(13-1)7(17)11(21)12(22)8(4)18/h9,16-22H. The predicted octanol–water partition coefficient (Wildman–Crippen LogP) is -0.206. The van der Waals surface area contributed by atoms with Crippen molar-refractivity contribution in [3.8, 4) is 23.0 Å². The Morgan fingerprint density at radius 1 is 0.727 bits per heavy atom. The lowest BCUT2D eigenvalue weighted by molar-refractivity contribution is 0.0710. The third kappa shape index (κ3) is 1.49. The molecule has 0 fully saturated rings. The van der Waals surface area contributed by atoms with Crippen LogP contribution < -0.4 is 0 Å². The number of Topliss-reactive ketones (excluding diaryl/α,β-unsaturated/α-hetero) is 1. The van der Waals surface area contributed by atoms with Crippen molar-refractivity contribution in [3.05, 3.63) is 17.1 Å². The van der Waals surface area contributed by atoms with Crippen molar-refractivity contribution in [2.45, 2.75) is 6.10 Å². The van der Waals surface area contributed by atoms with Crippen molar-refractivity contribution >= 4 is 22.6 Å². The summed E-state index contributed by atoms with van der Waals surface area (Å²) in [5.41, 5.74) is -2.22. The number of aliphatic hydroxyl groups is 3. The van der Waals surface area contributed by atoms with E-state index in [1.807, 2.05) is 0 Å². The van der Waals surface area contributed by atoms with Gasteiger partial charge < -0.3 is 35.7 Å². The summed E-state index contributed by atoms with van der Waals surface area (Å²) in [6.07, 6.45) is -2.05. The number of phenols is 4. The number of aliphatic hydroxyl groups excluding tert-OH is 3. The van der Waals surface area contributed by atoms with E-state index in [1.54, 1.807) is 0 Å². The van der Waals surface area contributed by atoms with Crippen LogP contribution in [-0.4, -0.2) is 57.6 Å². The number of hydrogen-bond acceptors (Lipinski definition) is 10. The first-order valence-corrected chi connectivity index (χ1v) is 5.78. The molecule has 0 saturated heterocycles. The van der Waals surface area contributed by atoms with Crippen molar-refractivity contribution in [1.29, 1.82) is 0 Å². The molecular weight excluding hydrogens is 300 g/mol. The number of hydrogen-bond donors (Lipinski definition) is 7. The highest BCUT2D eigenvalue weighted by molar-refractivity contribution is 6.07. The molecule has 1 atom stereocenters. The molecule has 1 aliphatic rings. The van der Waals surface area contributed by atoms with E-state index in [-0.39, 0.29) is 0 Å². The molecule has 0 radical (unpaired) electrons. The van der Waals surface area contributed by atoms with Crippen LogP contribution in [0.1, 0.15) is 16.2 Å². The summed E-state index contributed by atoms with van der Waals surface area (Å²) in [5.74, 6) is -7.15. The Morgan fingerprint density at radius 3 is 1.68 bits per heavy atom. The summed E-state index contributed by atoms with van der Waals surface area (Å²) in [7, 11) is 0. The monoisotopic (exact) mass is 308 g/mol. The van der Waals surface area contributed by atoms with Gasteiger partial charge in [0.15, 0.2) is 29.1 Å². The minimum Gasteiger partial charge on any atom is -0.506 e. The number of carbonyl (C=O) groups is 1. The van der Waals surface area contributed by atoms with Gasteiger partial charge in [0, 0.05) is 0 Å². The Balaban J connectivity index is 2.49. The average Bonchev–Trinajstić information content (AvgIpc) is 2.52. The fourth-order valence-electron chi connectivity index (χ4n) is 2.06. The molecule has 0 saturated carbocycles. The third-order valence-corrected chi connectivity index (χ3v) is 3.23. The molecule has 114 valence electrons. The Kier molecular flexibility index (Phi) is 2.56. The number of aromatic nitrogens is 2. The molecule has 1 heterocycles. The van der Waals surface area contributed by atoms with Gasteiger partial charge in [-0.1, -0.05) is 0 Å². The summed E-state index contributed by atoms with van der Waals surface area (Å²) in [5, 5.41) is 67.0. The maximum absolute atomic E-state index is 11.9. The van der Waals surface area contributed by atoms with Crippen LogP contribution in [-0.2, 0) is 0 Å². The van der Waals surface area contributed by atoms with Gasteiger partial charge in [-0.2, -0.15) is 0 Å². The molecule has 3 rings (SSSR count). The molecule has 2 aromatic rings. The number of benzene rings is 1. The quantitative estimate of drug-likeness (QED) is 0.254. The molecule has 10 heteroatoms. The molecule has 1 unspecified atom stereocenters. The summed E-state index contributed by atoms with van der Waals surface area (Å²) in [6.45, 7) is 0. The zero-order valence-electron chi connectivity index (χ0n) is 10.5. The molecule has 0 bridgehead atoms. The van der Waals surface area contributed by atoms with Crippen molar-refractivity contribution < 1.29 is 40.5 Å². The van der Waals surface area contributed by atoms with E-state index in [9.17, 15) is 40.5 Å². The Hall–Kier alpha value is -3.27. The number of aromatic hydroxyl groups is 4. The van der Waals surface area contributed by atoms with Crippen molar-refractivity contribution in [1.82, 2.24) is 9.97 Å². The molecular formula is C12H8N2O8. The fourth-order valence-corrected chi connectivity index (χ4v) is 2.06. The number of fused-ring (bicyclic) bond motifs is 2. The maximum atomic E-state index is 11.9. The van der Waals surface area contributed by atoms with E-state index >= 15 is 0 Å². The molecule has 0 spiro atoms. The summed E-state index contributed by atoms with van der Waals surface area (Å²) in [6, 6.07) is 0. The summed E-state index contributed by atoms with van der Waals surface area (Å²) in [4.78, 5) is 19.1. The van der Waals surface area contributed by atoms with Crippen LogP contribution in [0, 0.1) is 0 Å². The van der Waals surface area contributed by atoms with Gasteiger partial charge >= 0.3 is 0 Å². The lowest BCUT2D eigenvalue weighted by Crippen LogP contribution is -2.30. The first kappa shape index (κ1) is 13.7. The van der Waals surface area contributed by atoms with Crippen LogP contribution in [0.2, 0.25) is 0 Å². The maximum Gasteiger partial charge on any atom is 0.219 e. The number of phenolic OH excluding ortho intramolecular Hbond substituents is 4. The Bertz CT molecular complexity index is 889. The second-order valence-corrected chi connectivity index (χ2v) is 4.51. The van der Waals surface area contributed by atoms with Crippen LogP contribution in [0.4, 0.5) is 0 Å². The molecule has 1 aromatic heterocycles. The third-order valence-electron chi connectivity index (χ3n) is 3.23. The van der Waals surface area contributed by atoms with Gasteiger partial charge in [0.25, 0.3) is 0 Å². The van der Waals surface area contributed by atoms with Gasteiger partial charge in [-0.05, 0) is 0 Å². The Labute approximate surface area is 120 Å². The van der Waals surface area contributed by atoms with Crippen LogP contribution in [0.3, 0.4) is 0 Å². The van der Waals surface area contributed by atoms with E-state index in [1.165, 1.54) is 0 Å². The second-order valence-electron chi connectivity index (χ2n) is 4.51. The van der Waals surface area contributed by atoms with Gasteiger partial charge in [0.1, 0.15) is 22.4 Å². The summed E-state index contributed by atoms with van der Waals surface area (Å²) < 4.78 is 0. The molecule has 0 amide bonds. The normalized spacial score (nSPS) is 17.9. The minimum atomic E-state index is -2.05. The largest absolute Gasteiger partial charge is 0.506 e. The first-order valence-electron chi connectivity index (χ1n) is 5.78. The fraction of sp³-hybridized carbons (Fsp3) is 0.0833. The van der Waals surface area contributed by atoms with Crippen LogP contribution in [0.25, 0.3) is 16.8 Å². The molecule has 7 N–H and O–H groups in total. The minimum absolute atomic E-state index is 0.532. The zero-order valence-corrected chi connectivity index (χ0v) is 10.5. The van der Waals surface area contributed by atoms with Crippen LogP contribution >= 0.6 is 0 Å². The number of ketones is 1. The highest BCUT2D eigenvalue weighted by Gasteiger charge is 2.37. The highest BCUT2D eigenvalue weighted by Crippen LogP contribution is 2.47. The smallest absolute Gasteiger partial charge is 0.219 e. The van der Waals surface area contributed by atoms with Crippen molar-refractivity contribution in [2.24, 2.45) is 0 Å². The average molecular weight is 308 g/mol. The predicted molar refractivity (Wildman–Crippen MR) is 68.7 cm³/mol. The molecule has 0 aliphatic heterocycles. The van der Waals surface area contributed by atoms with Crippen LogP contribution in [0.5, 0.6) is 23.0 Å². The molecule has 10 nitrogen and oxygen atoms in total. The number of nitrogens with zero attached hydrogens (tertiary/aromatic N) is 2. The van der Waals surface area contributed by atoms with Crippen molar-refractivity contribution in [2.75, 3.05) is 0 Å². The number of rotatable bonds is 0. The molecule has 1 aliphatic carbocycles. The van der Waals surface area contributed by atoms with E-state index in [0.29, 0.717) is 0 Å². The highest BCUT2D eigenvalue weighted by atomic mass is 16.4. The van der Waals surface area contributed by atoms with Gasteiger partial charge in [-0.3, -0.25) is 4.79 Å². The second kappa shape index (κ2) is 4.11. The number of carbonyl (C=O) groups excluding carboxylic acids is 1. The van der Waals surface area contributed by atoms with E-state index in [0.717, 1.165) is 0 Å². The topological polar surface area (TPSA) is 184 Å². The lowest BCUT2D eigenvalue weighted by Gasteiger charge is -2.19. The van der Waals surface area contributed by atoms with Crippen LogP contribution in [0.15, 0.2) is 5.76 Å². The lowest BCUT2D eigenvalue weighted by atomic mass is 9.99. The zero-order chi connectivity index (χ0) is 16.3. The van der Waals surface area contributed by atoms with Gasteiger partial charge in [0.05, 0.1) is 0 Å². The molecule has 22 heavy (non-hydrogen) atoms. The van der Waals surface area contributed by atoms with Gasteiger partial charge in [-0.15, -0.1) is 0 Å². The van der Waals surface area contributed by atoms with E-state index < -0.39 is 68.8 Å². The van der Waals surface area contributed by atoms with E-state index in [2.05, 4.69) is 9.97 Å². The van der Waals surface area contributed by atoms with E-state index in [4.69, 9.17) is 0 Å². The van der Waals surface area contributed by atoms with Gasteiger partial charge in [0.2, 0.25) is 17.3 Å². The molecule has 1 aromatic carbocycles. The van der Waals surface area contributed by atoms with Crippen molar-refractivity contribution in [3.63, 3.8) is 0 Å². The first-order chi connectivity index (χ1) is 10.3. The Morgan fingerprint density at radius 2 is 1.18 bits per heavy atom. The van der Waals surface area contributed by atoms with Gasteiger partial charge in [-0.25, -0.2) is 9.97 Å².